The number of thioether (sulfide) groups is 1. The van der Waals surface area contributed by atoms with Crippen molar-refractivity contribution in [1.29, 1.82) is 0 Å². The average molecular weight is 319 g/mol. The monoisotopic (exact) mass is 319 g/mol. The maximum atomic E-state index is 12.5. The van der Waals surface area contributed by atoms with Crippen LogP contribution in [0.1, 0.15) is 32.1 Å². The Hall–Kier alpha value is -1.21. The quantitative estimate of drug-likeness (QED) is 0.827. The van der Waals surface area contributed by atoms with Gasteiger partial charge in [0.1, 0.15) is 0 Å². The lowest BCUT2D eigenvalue weighted by Gasteiger charge is -2.21. The lowest BCUT2D eigenvalue weighted by atomic mass is 9.97. The average Bonchev–Trinajstić information content (AvgIpc) is 2.76. The first-order valence-corrected chi connectivity index (χ1v) is 7.46. The second kappa shape index (κ2) is 6.27. The van der Waals surface area contributed by atoms with Crippen molar-refractivity contribution in [2.75, 3.05) is 5.32 Å². The van der Waals surface area contributed by atoms with Crippen LogP contribution < -0.4 is 5.32 Å². The van der Waals surface area contributed by atoms with Crippen LogP contribution in [0.5, 0.6) is 0 Å². The van der Waals surface area contributed by atoms with Crippen molar-refractivity contribution in [3.05, 3.63) is 24.3 Å². The van der Waals surface area contributed by atoms with Gasteiger partial charge in [-0.3, -0.25) is 4.79 Å². The van der Waals surface area contributed by atoms with Crippen molar-refractivity contribution in [1.82, 2.24) is 0 Å². The van der Waals surface area contributed by atoms with E-state index in [9.17, 15) is 23.1 Å². The lowest BCUT2D eigenvalue weighted by molar-refractivity contribution is -0.120. The van der Waals surface area contributed by atoms with Gasteiger partial charge in [0.15, 0.2) is 0 Å². The molecule has 0 spiro atoms. The first kappa shape index (κ1) is 16.2. The second-order valence-electron chi connectivity index (χ2n) is 5.20. The minimum Gasteiger partial charge on any atom is -0.389 e. The van der Waals surface area contributed by atoms with Crippen LogP contribution in [0.2, 0.25) is 0 Å². The zero-order chi connectivity index (χ0) is 15.5. The van der Waals surface area contributed by atoms with Crippen LogP contribution in [-0.4, -0.2) is 22.1 Å². The Balaban J connectivity index is 2.03. The van der Waals surface area contributed by atoms with E-state index >= 15 is 0 Å². The predicted octanol–water partition coefficient (Wildman–Crippen LogP) is 3.93. The SMILES string of the molecule is O=C(CC1(O)CCCC1)Nc1ccccc1SC(F)(F)F. The third-order valence-corrected chi connectivity index (χ3v) is 4.22. The Morgan fingerprint density at radius 1 is 1.29 bits per heavy atom. The number of para-hydroxylation sites is 1. The summed E-state index contributed by atoms with van der Waals surface area (Å²) in [6, 6.07) is 5.76. The molecule has 0 aromatic heterocycles. The number of aliphatic hydroxyl groups is 1. The normalized spacial score (nSPS) is 17.7. The predicted molar refractivity (Wildman–Crippen MR) is 75.0 cm³/mol. The fourth-order valence-electron chi connectivity index (χ4n) is 2.49. The van der Waals surface area contributed by atoms with E-state index in [1.807, 2.05) is 0 Å². The number of alkyl halides is 3. The fourth-order valence-corrected chi connectivity index (χ4v) is 3.11. The van der Waals surface area contributed by atoms with E-state index in [4.69, 9.17) is 0 Å². The molecule has 1 aromatic rings. The Kier molecular flexibility index (Phi) is 4.83. The topological polar surface area (TPSA) is 49.3 Å². The Morgan fingerprint density at radius 2 is 1.90 bits per heavy atom. The second-order valence-corrected chi connectivity index (χ2v) is 6.31. The maximum Gasteiger partial charge on any atom is 0.446 e. The van der Waals surface area contributed by atoms with E-state index in [1.165, 1.54) is 18.2 Å². The van der Waals surface area contributed by atoms with E-state index in [-0.39, 0.29) is 28.8 Å². The number of anilines is 1. The zero-order valence-corrected chi connectivity index (χ0v) is 12.1. The molecule has 1 aromatic carbocycles. The standard InChI is InChI=1S/C14H16F3NO2S/c15-14(16,17)21-11-6-2-1-5-10(11)18-12(19)9-13(20)7-3-4-8-13/h1-2,5-6,20H,3-4,7-9H2,(H,18,19). The van der Waals surface area contributed by atoms with Crippen LogP contribution in [0, 0.1) is 0 Å². The molecule has 0 unspecified atom stereocenters. The third-order valence-electron chi connectivity index (χ3n) is 3.41. The van der Waals surface area contributed by atoms with Crippen molar-refractivity contribution in [3.8, 4) is 0 Å². The molecule has 0 bridgehead atoms. The minimum atomic E-state index is -4.41. The fraction of sp³-hybridized carbons (Fsp3) is 0.500. The molecular weight excluding hydrogens is 303 g/mol. The van der Waals surface area contributed by atoms with Crippen LogP contribution in [0.3, 0.4) is 0 Å². The van der Waals surface area contributed by atoms with Gasteiger partial charge in [0, 0.05) is 4.90 Å². The molecule has 1 saturated carbocycles. The van der Waals surface area contributed by atoms with Crippen LogP contribution in [0.25, 0.3) is 0 Å². The van der Waals surface area contributed by atoms with Crippen molar-refractivity contribution in [3.63, 3.8) is 0 Å². The summed E-state index contributed by atoms with van der Waals surface area (Å²) >= 11 is -0.266. The molecule has 1 aliphatic rings. The number of carbonyl (C=O) groups excluding carboxylic acids is 1. The lowest BCUT2D eigenvalue weighted by Crippen LogP contribution is -2.30. The largest absolute Gasteiger partial charge is 0.446 e. The highest BCUT2D eigenvalue weighted by Gasteiger charge is 2.34. The van der Waals surface area contributed by atoms with E-state index < -0.39 is 17.0 Å². The number of halogens is 3. The summed E-state index contributed by atoms with van der Waals surface area (Å²) in [5, 5.41) is 12.6. The Morgan fingerprint density at radius 3 is 2.52 bits per heavy atom. The van der Waals surface area contributed by atoms with Crippen LogP contribution in [-0.2, 0) is 4.79 Å². The minimum absolute atomic E-state index is 0.0586. The molecule has 116 valence electrons. The molecule has 0 aliphatic heterocycles. The van der Waals surface area contributed by atoms with Gasteiger partial charge in [-0.15, -0.1) is 0 Å². The number of nitrogens with one attached hydrogen (secondary N) is 1. The summed E-state index contributed by atoms with van der Waals surface area (Å²) in [6.45, 7) is 0. The van der Waals surface area contributed by atoms with Crippen molar-refractivity contribution in [2.45, 2.75) is 48.1 Å². The highest BCUT2D eigenvalue weighted by Crippen LogP contribution is 2.40. The van der Waals surface area contributed by atoms with E-state index in [0.717, 1.165) is 12.8 Å². The van der Waals surface area contributed by atoms with E-state index in [2.05, 4.69) is 5.32 Å². The summed E-state index contributed by atoms with van der Waals surface area (Å²) in [5.74, 6) is -0.463. The smallest absolute Gasteiger partial charge is 0.389 e. The molecule has 0 saturated heterocycles. The van der Waals surface area contributed by atoms with Gasteiger partial charge in [-0.05, 0) is 36.7 Å². The number of rotatable bonds is 4. The molecule has 7 heteroatoms. The van der Waals surface area contributed by atoms with Gasteiger partial charge >= 0.3 is 5.51 Å². The number of carbonyl (C=O) groups is 1. The summed E-state index contributed by atoms with van der Waals surface area (Å²) in [5.41, 5.74) is -5.31. The van der Waals surface area contributed by atoms with Crippen LogP contribution >= 0.6 is 11.8 Å². The van der Waals surface area contributed by atoms with Crippen molar-refractivity contribution < 1.29 is 23.1 Å². The number of amides is 1. The maximum absolute atomic E-state index is 12.5. The molecule has 0 atom stereocenters. The van der Waals surface area contributed by atoms with Crippen LogP contribution in [0.15, 0.2) is 29.2 Å². The number of hydrogen-bond acceptors (Lipinski definition) is 3. The Labute approximate surface area is 124 Å². The molecule has 21 heavy (non-hydrogen) atoms. The van der Waals surface area contributed by atoms with Gasteiger partial charge in [-0.1, -0.05) is 25.0 Å². The molecule has 2 N–H and O–H groups in total. The van der Waals surface area contributed by atoms with Gasteiger partial charge in [0.2, 0.25) is 5.91 Å². The van der Waals surface area contributed by atoms with Gasteiger partial charge < -0.3 is 10.4 Å². The third kappa shape index (κ3) is 4.93. The molecule has 1 amide bonds. The molecule has 1 aliphatic carbocycles. The molecule has 0 heterocycles. The summed E-state index contributed by atoms with van der Waals surface area (Å²) in [6.07, 6.45) is 2.76. The van der Waals surface area contributed by atoms with Crippen molar-refractivity contribution in [2.24, 2.45) is 0 Å². The zero-order valence-electron chi connectivity index (χ0n) is 11.2. The van der Waals surface area contributed by atoms with Gasteiger partial charge in [-0.25, -0.2) is 0 Å². The summed E-state index contributed by atoms with van der Waals surface area (Å²) in [7, 11) is 0. The summed E-state index contributed by atoms with van der Waals surface area (Å²) in [4.78, 5) is 11.9. The number of benzene rings is 1. The molecule has 3 nitrogen and oxygen atoms in total. The van der Waals surface area contributed by atoms with E-state index in [1.54, 1.807) is 6.07 Å². The highest BCUT2D eigenvalue weighted by atomic mass is 32.2. The molecular formula is C14H16F3NO2S. The first-order valence-electron chi connectivity index (χ1n) is 6.64. The first-order chi connectivity index (χ1) is 9.77. The van der Waals surface area contributed by atoms with Crippen molar-refractivity contribution >= 4 is 23.4 Å². The van der Waals surface area contributed by atoms with E-state index in [0.29, 0.717) is 12.8 Å². The summed E-state index contributed by atoms with van der Waals surface area (Å²) < 4.78 is 37.4. The van der Waals surface area contributed by atoms with Gasteiger partial charge in [0.25, 0.3) is 0 Å². The highest BCUT2D eigenvalue weighted by molar-refractivity contribution is 8.00. The van der Waals surface area contributed by atoms with Crippen LogP contribution in [0.4, 0.5) is 18.9 Å². The van der Waals surface area contributed by atoms with Gasteiger partial charge in [0.05, 0.1) is 17.7 Å². The Bertz CT molecular complexity index is 513. The molecule has 2 rings (SSSR count). The van der Waals surface area contributed by atoms with Gasteiger partial charge in [-0.2, -0.15) is 13.2 Å². The molecule has 1 fully saturated rings. The number of hydrogen-bond donors (Lipinski definition) is 2. The molecule has 0 radical (unpaired) electrons.